The Morgan fingerprint density at radius 1 is 1.41 bits per heavy atom. The number of ether oxygens (including phenoxy) is 1. The highest BCUT2D eigenvalue weighted by molar-refractivity contribution is 5.77. The van der Waals surface area contributed by atoms with Crippen molar-refractivity contribution in [2.75, 3.05) is 32.8 Å². The molecule has 2 rings (SSSR count). The third-order valence-electron chi connectivity index (χ3n) is 3.55. The Morgan fingerprint density at radius 2 is 2.24 bits per heavy atom. The maximum absolute atomic E-state index is 12.1. The molecule has 4 heteroatoms. The highest BCUT2D eigenvalue weighted by Gasteiger charge is 2.34. The second-order valence-electron chi connectivity index (χ2n) is 5.11. The van der Waals surface area contributed by atoms with Crippen molar-refractivity contribution in [3.63, 3.8) is 0 Å². The first-order valence-electron chi connectivity index (χ1n) is 6.89. The summed E-state index contributed by atoms with van der Waals surface area (Å²) in [5.74, 6) is 0.888. The van der Waals surface area contributed by atoms with E-state index in [-0.39, 0.29) is 0 Å². The van der Waals surface area contributed by atoms with E-state index < -0.39 is 0 Å². The summed E-state index contributed by atoms with van der Waals surface area (Å²) in [7, 11) is 0. The molecule has 1 atom stereocenters. The summed E-state index contributed by atoms with van der Waals surface area (Å²) in [5, 5.41) is 3.21. The van der Waals surface area contributed by atoms with E-state index in [0.29, 0.717) is 24.3 Å². The van der Waals surface area contributed by atoms with Crippen molar-refractivity contribution in [1.29, 1.82) is 0 Å². The quantitative estimate of drug-likeness (QED) is 0.675. The van der Waals surface area contributed by atoms with Crippen molar-refractivity contribution in [1.82, 2.24) is 10.2 Å². The van der Waals surface area contributed by atoms with E-state index in [1.807, 2.05) is 0 Å². The number of rotatable bonds is 7. The van der Waals surface area contributed by atoms with Crippen LogP contribution in [-0.4, -0.2) is 49.7 Å². The molecule has 0 radical (unpaired) electrons. The van der Waals surface area contributed by atoms with Crippen LogP contribution in [0.1, 0.15) is 32.6 Å². The summed E-state index contributed by atoms with van der Waals surface area (Å²) in [6, 6.07) is 0.532. The fourth-order valence-corrected chi connectivity index (χ4v) is 2.36. The first kappa shape index (κ1) is 12.8. The Hall–Kier alpha value is -0.610. The molecule has 1 amide bonds. The molecule has 98 valence electrons. The minimum absolute atomic E-state index is 0.320. The Balaban J connectivity index is 1.76. The van der Waals surface area contributed by atoms with Crippen LogP contribution in [0.3, 0.4) is 0 Å². The van der Waals surface area contributed by atoms with Crippen LogP contribution in [0.15, 0.2) is 0 Å². The lowest BCUT2D eigenvalue weighted by molar-refractivity contribution is -0.132. The van der Waals surface area contributed by atoms with Gasteiger partial charge in [-0.15, -0.1) is 0 Å². The van der Waals surface area contributed by atoms with Crippen LogP contribution >= 0.6 is 0 Å². The number of hydrogen-bond acceptors (Lipinski definition) is 3. The van der Waals surface area contributed by atoms with E-state index >= 15 is 0 Å². The monoisotopic (exact) mass is 240 g/mol. The fourth-order valence-electron chi connectivity index (χ4n) is 2.36. The zero-order valence-corrected chi connectivity index (χ0v) is 10.8. The Bertz CT molecular complexity index is 248. The standard InChI is InChI=1S/C13H24N2O2/c1-2-14-7-5-13(16)15(12-3-4-12)9-11-6-8-17-10-11/h11-12,14H,2-10H2,1H3. The highest BCUT2D eigenvalue weighted by atomic mass is 16.5. The molecule has 2 fully saturated rings. The topological polar surface area (TPSA) is 41.6 Å². The van der Waals surface area contributed by atoms with Gasteiger partial charge in [0.25, 0.3) is 0 Å². The molecule has 4 nitrogen and oxygen atoms in total. The molecule has 0 bridgehead atoms. The third kappa shape index (κ3) is 3.96. The maximum atomic E-state index is 12.1. The molecule has 0 aromatic rings. The number of nitrogens with one attached hydrogen (secondary N) is 1. The van der Waals surface area contributed by atoms with Gasteiger partial charge < -0.3 is 15.0 Å². The average Bonchev–Trinajstić information content (AvgIpc) is 3.03. The molecule has 1 saturated carbocycles. The largest absolute Gasteiger partial charge is 0.381 e. The molecule has 1 N–H and O–H groups in total. The van der Waals surface area contributed by atoms with Crippen molar-refractivity contribution in [3.8, 4) is 0 Å². The van der Waals surface area contributed by atoms with Crippen LogP contribution in [0.4, 0.5) is 0 Å². The number of hydrogen-bond donors (Lipinski definition) is 1. The minimum Gasteiger partial charge on any atom is -0.381 e. The summed E-state index contributed by atoms with van der Waals surface area (Å²) < 4.78 is 5.39. The average molecular weight is 240 g/mol. The Labute approximate surface area is 104 Å². The fraction of sp³-hybridized carbons (Fsp3) is 0.923. The molecule has 1 aliphatic carbocycles. The van der Waals surface area contributed by atoms with Gasteiger partial charge in [-0.05, 0) is 25.8 Å². The van der Waals surface area contributed by atoms with Gasteiger partial charge in [-0.2, -0.15) is 0 Å². The molecule has 1 unspecified atom stereocenters. The van der Waals surface area contributed by atoms with Crippen molar-refractivity contribution < 1.29 is 9.53 Å². The summed E-state index contributed by atoms with van der Waals surface area (Å²) in [5.41, 5.74) is 0. The first-order valence-corrected chi connectivity index (χ1v) is 6.89. The van der Waals surface area contributed by atoms with Gasteiger partial charge in [-0.25, -0.2) is 0 Å². The molecule has 1 aliphatic heterocycles. The summed E-state index contributed by atoms with van der Waals surface area (Å²) in [6.45, 7) is 6.43. The summed E-state index contributed by atoms with van der Waals surface area (Å²) in [6.07, 6.45) is 4.14. The lowest BCUT2D eigenvalue weighted by atomic mass is 10.1. The predicted octanol–water partition coefficient (Wildman–Crippen LogP) is 1.01. The second kappa shape index (κ2) is 6.36. The van der Waals surface area contributed by atoms with Crippen LogP contribution in [0.2, 0.25) is 0 Å². The Morgan fingerprint density at radius 3 is 2.82 bits per heavy atom. The lowest BCUT2D eigenvalue weighted by Gasteiger charge is -2.25. The van der Waals surface area contributed by atoms with Crippen LogP contribution in [0.5, 0.6) is 0 Å². The van der Waals surface area contributed by atoms with Crippen molar-refractivity contribution in [3.05, 3.63) is 0 Å². The van der Waals surface area contributed by atoms with Crippen molar-refractivity contribution >= 4 is 5.91 Å². The van der Waals surface area contributed by atoms with Crippen LogP contribution in [0.25, 0.3) is 0 Å². The predicted molar refractivity (Wildman–Crippen MR) is 66.8 cm³/mol. The van der Waals surface area contributed by atoms with Gasteiger partial charge in [0.15, 0.2) is 0 Å². The minimum atomic E-state index is 0.320. The summed E-state index contributed by atoms with van der Waals surface area (Å²) >= 11 is 0. The van der Waals surface area contributed by atoms with Crippen LogP contribution in [-0.2, 0) is 9.53 Å². The van der Waals surface area contributed by atoms with Crippen molar-refractivity contribution in [2.45, 2.75) is 38.6 Å². The Kier molecular flexibility index (Phi) is 4.80. The van der Waals surface area contributed by atoms with E-state index in [9.17, 15) is 4.79 Å². The second-order valence-corrected chi connectivity index (χ2v) is 5.11. The van der Waals surface area contributed by atoms with Crippen molar-refractivity contribution in [2.24, 2.45) is 5.92 Å². The van der Waals surface area contributed by atoms with E-state index in [1.165, 1.54) is 12.8 Å². The molecule has 0 spiro atoms. The molecular formula is C13H24N2O2. The van der Waals surface area contributed by atoms with E-state index in [0.717, 1.165) is 39.3 Å². The van der Waals surface area contributed by atoms with Crippen LogP contribution in [0, 0.1) is 5.92 Å². The van der Waals surface area contributed by atoms with Gasteiger partial charge in [-0.3, -0.25) is 4.79 Å². The molecule has 1 saturated heterocycles. The van der Waals surface area contributed by atoms with E-state index in [2.05, 4.69) is 17.1 Å². The normalized spacial score (nSPS) is 23.9. The summed E-state index contributed by atoms with van der Waals surface area (Å²) in [4.78, 5) is 14.2. The number of amides is 1. The van der Waals surface area contributed by atoms with Gasteiger partial charge in [0.2, 0.25) is 5.91 Å². The van der Waals surface area contributed by atoms with Gasteiger partial charge >= 0.3 is 0 Å². The third-order valence-corrected chi connectivity index (χ3v) is 3.55. The molecule has 0 aromatic heterocycles. The van der Waals surface area contributed by atoms with E-state index in [4.69, 9.17) is 4.74 Å². The smallest absolute Gasteiger partial charge is 0.224 e. The highest BCUT2D eigenvalue weighted by Crippen LogP contribution is 2.29. The van der Waals surface area contributed by atoms with Gasteiger partial charge in [-0.1, -0.05) is 6.92 Å². The lowest BCUT2D eigenvalue weighted by Crippen LogP contribution is -2.38. The van der Waals surface area contributed by atoms with Crippen LogP contribution < -0.4 is 5.32 Å². The molecule has 17 heavy (non-hydrogen) atoms. The number of carbonyl (C=O) groups excluding carboxylic acids is 1. The molecule has 1 heterocycles. The zero-order valence-electron chi connectivity index (χ0n) is 10.8. The molecular weight excluding hydrogens is 216 g/mol. The van der Waals surface area contributed by atoms with Gasteiger partial charge in [0, 0.05) is 38.1 Å². The first-order chi connectivity index (χ1) is 8.31. The van der Waals surface area contributed by atoms with E-state index in [1.54, 1.807) is 0 Å². The maximum Gasteiger partial charge on any atom is 0.224 e. The number of carbonyl (C=O) groups is 1. The zero-order chi connectivity index (χ0) is 12.1. The SMILES string of the molecule is CCNCCC(=O)N(CC1CCOC1)C1CC1. The molecule has 0 aromatic carbocycles. The van der Waals surface area contributed by atoms with Gasteiger partial charge in [0.1, 0.15) is 0 Å². The molecule has 2 aliphatic rings. The van der Waals surface area contributed by atoms with Gasteiger partial charge in [0.05, 0.1) is 6.61 Å². The number of nitrogens with zero attached hydrogens (tertiary/aromatic N) is 1.